The van der Waals surface area contributed by atoms with Gasteiger partial charge >= 0.3 is 0 Å². The molecule has 2 aromatic rings. The van der Waals surface area contributed by atoms with Crippen molar-refractivity contribution in [1.82, 2.24) is 10.2 Å². The molecule has 0 aliphatic heterocycles. The summed E-state index contributed by atoms with van der Waals surface area (Å²) in [4.78, 5) is 12.0. The van der Waals surface area contributed by atoms with Crippen molar-refractivity contribution in [3.8, 4) is 0 Å². The van der Waals surface area contributed by atoms with Crippen LogP contribution < -0.4 is 5.32 Å². The first-order chi connectivity index (χ1) is 9.31. The highest BCUT2D eigenvalue weighted by Crippen LogP contribution is 2.48. The standard InChI is InChI=1S/C15H13N3O/c19-15(11-7-16-17-8-11)18-12-3-4-13-9-1-2-10(5-9)14(13)6-12/h1-4,6-10H,5H2,(H,16,17)(H,18,19). The highest BCUT2D eigenvalue weighted by Gasteiger charge is 2.32. The lowest BCUT2D eigenvalue weighted by Crippen LogP contribution is -2.11. The first-order valence-electron chi connectivity index (χ1n) is 6.43. The lowest BCUT2D eigenvalue weighted by atomic mass is 9.96. The predicted octanol–water partition coefficient (Wildman–Crippen LogP) is 2.80. The van der Waals surface area contributed by atoms with E-state index in [4.69, 9.17) is 0 Å². The molecule has 0 spiro atoms. The second kappa shape index (κ2) is 3.82. The molecule has 4 rings (SSSR count). The molecule has 2 atom stereocenters. The minimum absolute atomic E-state index is 0.132. The minimum atomic E-state index is -0.132. The number of fused-ring (bicyclic) bond motifs is 5. The van der Waals surface area contributed by atoms with Crippen molar-refractivity contribution in [2.75, 3.05) is 5.32 Å². The summed E-state index contributed by atoms with van der Waals surface area (Å²) in [5, 5.41) is 9.33. The average molecular weight is 251 g/mol. The van der Waals surface area contributed by atoms with E-state index in [1.807, 2.05) is 6.07 Å². The Morgan fingerprint density at radius 1 is 1.26 bits per heavy atom. The van der Waals surface area contributed by atoms with E-state index in [0.29, 0.717) is 17.4 Å². The van der Waals surface area contributed by atoms with Gasteiger partial charge in [-0.1, -0.05) is 18.2 Å². The lowest BCUT2D eigenvalue weighted by Gasteiger charge is -2.12. The zero-order valence-electron chi connectivity index (χ0n) is 10.3. The summed E-state index contributed by atoms with van der Waals surface area (Å²) in [5.74, 6) is 0.983. The number of rotatable bonds is 2. The summed E-state index contributed by atoms with van der Waals surface area (Å²) in [6.07, 6.45) is 8.86. The number of H-pyrrole nitrogens is 1. The van der Waals surface area contributed by atoms with E-state index in [-0.39, 0.29) is 5.91 Å². The van der Waals surface area contributed by atoms with Crippen LogP contribution in [0.25, 0.3) is 0 Å². The van der Waals surface area contributed by atoms with Crippen molar-refractivity contribution in [2.45, 2.75) is 18.3 Å². The average Bonchev–Trinajstić information content (AvgIpc) is 3.16. The molecule has 94 valence electrons. The van der Waals surface area contributed by atoms with Crippen molar-refractivity contribution in [3.63, 3.8) is 0 Å². The second-order valence-corrected chi connectivity index (χ2v) is 5.12. The number of allylic oxidation sites excluding steroid dienone is 2. The third-order valence-corrected chi connectivity index (χ3v) is 3.99. The molecule has 2 N–H and O–H groups in total. The minimum Gasteiger partial charge on any atom is -0.322 e. The van der Waals surface area contributed by atoms with E-state index in [1.165, 1.54) is 23.7 Å². The van der Waals surface area contributed by atoms with E-state index in [9.17, 15) is 4.79 Å². The summed E-state index contributed by atoms with van der Waals surface area (Å²) < 4.78 is 0. The van der Waals surface area contributed by atoms with Crippen LogP contribution in [-0.4, -0.2) is 16.1 Å². The number of carbonyl (C=O) groups excluding carboxylic acids is 1. The van der Waals surface area contributed by atoms with E-state index >= 15 is 0 Å². The molecule has 0 saturated heterocycles. The van der Waals surface area contributed by atoms with E-state index in [0.717, 1.165) is 5.69 Å². The van der Waals surface area contributed by atoms with E-state index in [2.05, 4.69) is 39.8 Å². The molecule has 4 nitrogen and oxygen atoms in total. The van der Waals surface area contributed by atoms with Crippen LogP contribution in [0.5, 0.6) is 0 Å². The van der Waals surface area contributed by atoms with Crippen LogP contribution in [0.2, 0.25) is 0 Å². The smallest absolute Gasteiger partial charge is 0.258 e. The molecular formula is C15H13N3O. The fraction of sp³-hybridized carbons (Fsp3) is 0.200. The Bertz CT molecular complexity index is 673. The van der Waals surface area contributed by atoms with Gasteiger partial charge < -0.3 is 5.32 Å². The fourth-order valence-electron chi connectivity index (χ4n) is 3.05. The van der Waals surface area contributed by atoms with Gasteiger partial charge in [0.2, 0.25) is 0 Å². The summed E-state index contributed by atoms with van der Waals surface area (Å²) in [7, 11) is 0. The Morgan fingerprint density at radius 3 is 2.89 bits per heavy atom. The summed E-state index contributed by atoms with van der Waals surface area (Å²) in [6.45, 7) is 0. The topological polar surface area (TPSA) is 57.8 Å². The number of aromatic amines is 1. The molecule has 1 amide bonds. The molecule has 2 unspecified atom stereocenters. The zero-order valence-corrected chi connectivity index (χ0v) is 10.3. The molecule has 2 aliphatic rings. The van der Waals surface area contributed by atoms with Crippen LogP contribution >= 0.6 is 0 Å². The molecule has 1 aromatic carbocycles. The van der Waals surface area contributed by atoms with Crippen LogP contribution in [0.15, 0.2) is 42.7 Å². The van der Waals surface area contributed by atoms with Crippen LogP contribution in [0.4, 0.5) is 5.69 Å². The molecule has 0 saturated carbocycles. The number of anilines is 1. The zero-order chi connectivity index (χ0) is 12.8. The largest absolute Gasteiger partial charge is 0.322 e. The van der Waals surface area contributed by atoms with Crippen LogP contribution in [0.3, 0.4) is 0 Å². The number of amides is 1. The third-order valence-electron chi connectivity index (χ3n) is 3.99. The number of nitrogens with one attached hydrogen (secondary N) is 2. The van der Waals surface area contributed by atoms with Crippen LogP contribution in [-0.2, 0) is 0 Å². The van der Waals surface area contributed by atoms with Gasteiger partial charge in [0.1, 0.15) is 0 Å². The Balaban J connectivity index is 1.61. The molecular weight excluding hydrogens is 238 g/mol. The van der Waals surface area contributed by atoms with Gasteiger partial charge in [-0.3, -0.25) is 9.89 Å². The van der Waals surface area contributed by atoms with Gasteiger partial charge in [0, 0.05) is 23.7 Å². The van der Waals surface area contributed by atoms with Gasteiger partial charge in [0.25, 0.3) is 5.91 Å². The Hall–Kier alpha value is -2.36. The molecule has 1 aromatic heterocycles. The van der Waals surface area contributed by atoms with Gasteiger partial charge in [-0.2, -0.15) is 5.10 Å². The number of nitrogens with zero attached hydrogens (tertiary/aromatic N) is 1. The monoisotopic (exact) mass is 251 g/mol. The Morgan fingerprint density at radius 2 is 2.11 bits per heavy atom. The molecule has 0 fully saturated rings. The number of hydrogen-bond acceptors (Lipinski definition) is 2. The van der Waals surface area contributed by atoms with Gasteiger partial charge in [-0.15, -0.1) is 0 Å². The van der Waals surface area contributed by atoms with Crippen LogP contribution in [0, 0.1) is 0 Å². The Labute approximate surface area is 110 Å². The number of hydrogen-bond donors (Lipinski definition) is 2. The van der Waals surface area contributed by atoms with Gasteiger partial charge in [-0.25, -0.2) is 0 Å². The van der Waals surface area contributed by atoms with Crippen molar-refractivity contribution < 1.29 is 4.79 Å². The summed E-state index contributed by atoms with van der Waals surface area (Å²) in [6, 6.07) is 6.21. The normalized spacial score (nSPS) is 22.5. The van der Waals surface area contributed by atoms with Crippen molar-refractivity contribution in [3.05, 3.63) is 59.4 Å². The van der Waals surface area contributed by atoms with Gasteiger partial charge in [-0.05, 0) is 29.7 Å². The lowest BCUT2D eigenvalue weighted by molar-refractivity contribution is 0.102. The first kappa shape index (κ1) is 10.6. The Kier molecular flexibility index (Phi) is 2.12. The molecule has 0 radical (unpaired) electrons. The molecule has 2 aliphatic carbocycles. The summed E-state index contributed by atoms with van der Waals surface area (Å²) in [5.41, 5.74) is 4.17. The number of aromatic nitrogens is 2. The number of carbonyl (C=O) groups is 1. The highest BCUT2D eigenvalue weighted by atomic mass is 16.1. The molecule has 1 heterocycles. The first-order valence-corrected chi connectivity index (χ1v) is 6.43. The maximum absolute atomic E-state index is 12.0. The van der Waals surface area contributed by atoms with Gasteiger partial charge in [0.05, 0.1) is 11.8 Å². The van der Waals surface area contributed by atoms with Crippen molar-refractivity contribution >= 4 is 11.6 Å². The molecule has 2 bridgehead atoms. The molecule has 4 heteroatoms. The fourth-order valence-corrected chi connectivity index (χ4v) is 3.05. The van der Waals surface area contributed by atoms with E-state index in [1.54, 1.807) is 6.20 Å². The third kappa shape index (κ3) is 1.60. The van der Waals surface area contributed by atoms with Gasteiger partial charge in [0.15, 0.2) is 0 Å². The second-order valence-electron chi connectivity index (χ2n) is 5.12. The maximum Gasteiger partial charge on any atom is 0.258 e. The highest BCUT2D eigenvalue weighted by molar-refractivity contribution is 6.04. The quantitative estimate of drug-likeness (QED) is 0.806. The van der Waals surface area contributed by atoms with E-state index < -0.39 is 0 Å². The SMILES string of the molecule is O=C(Nc1ccc2c(c1)C1C=CC2C1)c1cn[nH]c1. The van der Waals surface area contributed by atoms with Crippen molar-refractivity contribution in [1.29, 1.82) is 0 Å². The number of benzene rings is 1. The summed E-state index contributed by atoms with van der Waals surface area (Å²) >= 11 is 0. The van der Waals surface area contributed by atoms with Crippen LogP contribution in [0.1, 0.15) is 39.7 Å². The van der Waals surface area contributed by atoms with Crippen molar-refractivity contribution in [2.24, 2.45) is 0 Å². The maximum atomic E-state index is 12.0. The molecule has 19 heavy (non-hydrogen) atoms. The predicted molar refractivity (Wildman–Crippen MR) is 72.2 cm³/mol.